The van der Waals surface area contributed by atoms with Gasteiger partial charge in [-0.25, -0.2) is 14.2 Å². The number of aromatic carboxylic acids is 1. The van der Waals surface area contributed by atoms with Crippen molar-refractivity contribution in [3.63, 3.8) is 0 Å². The fourth-order valence-electron chi connectivity index (χ4n) is 4.47. The molecule has 5 rings (SSSR count). The maximum absolute atomic E-state index is 14.2. The van der Waals surface area contributed by atoms with Gasteiger partial charge in [0.15, 0.2) is 11.6 Å². The van der Waals surface area contributed by atoms with E-state index in [1.165, 1.54) is 25.3 Å². The number of carboxylic acids is 1. The van der Waals surface area contributed by atoms with Crippen LogP contribution in [-0.4, -0.2) is 52.1 Å². The molecule has 1 aliphatic heterocycles. The fourth-order valence-corrected chi connectivity index (χ4v) is 4.74. The largest absolute Gasteiger partial charge is 0.494 e. The van der Waals surface area contributed by atoms with Crippen molar-refractivity contribution in [2.75, 3.05) is 20.2 Å². The molecule has 1 aliphatic rings. The normalized spacial score (nSPS) is 13.4. The lowest BCUT2D eigenvalue weighted by Crippen LogP contribution is -2.27. The Balaban J connectivity index is 1.65. The summed E-state index contributed by atoms with van der Waals surface area (Å²) in [5.74, 6) is -1.46. The molecule has 1 aromatic heterocycles. The van der Waals surface area contributed by atoms with Crippen LogP contribution in [0.25, 0.3) is 33.5 Å². The molecule has 1 saturated heterocycles. The standard InChI is InChI=1S/C26H21ClFN3O4/c1-35-22-13-21-20(12-19(22)28)29-24(30-21)16-5-4-6-18(27)23(16)15-8-7-14(11-17(15)26(33)34)25(32)31-9-2-3-10-31/h4-8,11-13H,2-3,9-10H2,1H3,(H,29,30)(H,33,34). The first-order valence-corrected chi connectivity index (χ1v) is 11.4. The molecule has 178 valence electrons. The van der Waals surface area contributed by atoms with Gasteiger partial charge >= 0.3 is 5.97 Å². The van der Waals surface area contributed by atoms with Gasteiger partial charge in [-0.05, 0) is 36.6 Å². The third kappa shape index (κ3) is 4.10. The average Bonchev–Trinajstić information content (AvgIpc) is 3.52. The van der Waals surface area contributed by atoms with Gasteiger partial charge in [-0.3, -0.25) is 4.79 Å². The van der Waals surface area contributed by atoms with Crippen LogP contribution in [0.1, 0.15) is 33.6 Å². The Morgan fingerprint density at radius 1 is 1.11 bits per heavy atom. The minimum absolute atomic E-state index is 0.0479. The Kier molecular flexibility index (Phi) is 5.90. The van der Waals surface area contributed by atoms with Crippen LogP contribution < -0.4 is 4.74 Å². The van der Waals surface area contributed by atoms with Gasteiger partial charge in [0.25, 0.3) is 5.91 Å². The first-order chi connectivity index (χ1) is 16.9. The molecule has 0 aliphatic carbocycles. The Morgan fingerprint density at radius 2 is 1.89 bits per heavy atom. The van der Waals surface area contributed by atoms with Gasteiger partial charge < -0.3 is 19.7 Å². The van der Waals surface area contributed by atoms with Crippen molar-refractivity contribution in [3.8, 4) is 28.3 Å². The number of nitrogens with zero attached hydrogens (tertiary/aromatic N) is 2. The molecule has 0 unspecified atom stereocenters. The number of nitrogens with one attached hydrogen (secondary N) is 1. The van der Waals surface area contributed by atoms with Crippen molar-refractivity contribution in [1.82, 2.24) is 14.9 Å². The first-order valence-electron chi connectivity index (χ1n) is 11.1. The number of amides is 1. The zero-order chi connectivity index (χ0) is 24.7. The van der Waals surface area contributed by atoms with Crippen LogP contribution in [0.15, 0.2) is 48.5 Å². The number of imidazole rings is 1. The predicted octanol–water partition coefficient (Wildman–Crippen LogP) is 5.63. The maximum atomic E-state index is 14.2. The Hall–Kier alpha value is -3.91. The van der Waals surface area contributed by atoms with Gasteiger partial charge in [0.2, 0.25) is 0 Å². The second-order valence-electron chi connectivity index (χ2n) is 8.32. The smallest absolute Gasteiger partial charge is 0.336 e. The highest BCUT2D eigenvalue weighted by Crippen LogP contribution is 2.39. The molecular formula is C26H21ClFN3O4. The highest BCUT2D eigenvalue weighted by molar-refractivity contribution is 6.34. The van der Waals surface area contributed by atoms with Gasteiger partial charge in [0.1, 0.15) is 5.82 Å². The van der Waals surface area contributed by atoms with Crippen LogP contribution in [0.4, 0.5) is 4.39 Å². The summed E-state index contributed by atoms with van der Waals surface area (Å²) in [6.07, 6.45) is 1.87. The Bertz CT molecular complexity index is 1480. The van der Waals surface area contributed by atoms with Crippen molar-refractivity contribution in [3.05, 3.63) is 70.5 Å². The molecular weight excluding hydrogens is 473 g/mol. The molecule has 2 N–H and O–H groups in total. The van der Waals surface area contributed by atoms with Gasteiger partial charge in [-0.15, -0.1) is 0 Å². The third-order valence-corrected chi connectivity index (χ3v) is 6.50. The van der Waals surface area contributed by atoms with E-state index in [0.717, 1.165) is 12.8 Å². The molecule has 2 heterocycles. The van der Waals surface area contributed by atoms with E-state index >= 15 is 0 Å². The van der Waals surface area contributed by atoms with Crippen LogP contribution in [0, 0.1) is 5.82 Å². The summed E-state index contributed by atoms with van der Waals surface area (Å²) in [4.78, 5) is 34.5. The van der Waals surface area contributed by atoms with E-state index in [1.807, 2.05) is 0 Å². The van der Waals surface area contributed by atoms with E-state index < -0.39 is 11.8 Å². The molecule has 0 saturated carbocycles. The SMILES string of the molecule is COc1cc2[nH]c(-c3cccc(Cl)c3-c3ccc(C(=O)N4CCCC4)cc3C(=O)O)nc2cc1F. The number of methoxy groups -OCH3 is 1. The fraction of sp³-hybridized carbons (Fsp3) is 0.192. The summed E-state index contributed by atoms with van der Waals surface area (Å²) in [7, 11) is 1.38. The third-order valence-electron chi connectivity index (χ3n) is 6.18. The summed E-state index contributed by atoms with van der Waals surface area (Å²) >= 11 is 6.58. The number of carboxylic acid groups (broad SMARTS) is 1. The quantitative estimate of drug-likeness (QED) is 0.375. The number of aromatic amines is 1. The molecule has 1 amide bonds. The summed E-state index contributed by atoms with van der Waals surface area (Å²) < 4.78 is 19.3. The van der Waals surface area contributed by atoms with E-state index in [-0.39, 0.29) is 17.2 Å². The number of ether oxygens (including phenoxy) is 1. The van der Waals surface area contributed by atoms with E-state index in [0.29, 0.717) is 57.2 Å². The van der Waals surface area contributed by atoms with Gasteiger partial charge in [0.05, 0.1) is 23.7 Å². The second kappa shape index (κ2) is 9.03. The number of likely N-dealkylation sites (tertiary alicyclic amines) is 1. The summed E-state index contributed by atoms with van der Waals surface area (Å²) in [6.45, 7) is 1.32. The summed E-state index contributed by atoms with van der Waals surface area (Å²) in [5.41, 5.74) is 2.53. The van der Waals surface area contributed by atoms with E-state index in [9.17, 15) is 19.1 Å². The van der Waals surface area contributed by atoms with Crippen molar-refractivity contribution in [2.24, 2.45) is 0 Å². The molecule has 7 nitrogen and oxygen atoms in total. The van der Waals surface area contributed by atoms with Crippen LogP contribution >= 0.6 is 11.6 Å². The molecule has 0 spiro atoms. The van der Waals surface area contributed by atoms with Gasteiger partial charge in [-0.2, -0.15) is 0 Å². The summed E-state index contributed by atoms with van der Waals surface area (Å²) in [6, 6.07) is 12.5. The van der Waals surface area contributed by atoms with E-state index in [4.69, 9.17) is 16.3 Å². The Labute approximate surface area is 205 Å². The topological polar surface area (TPSA) is 95.5 Å². The number of hydrogen-bond acceptors (Lipinski definition) is 4. The number of halogens is 2. The van der Waals surface area contributed by atoms with Crippen LogP contribution in [-0.2, 0) is 0 Å². The van der Waals surface area contributed by atoms with E-state index in [1.54, 1.807) is 35.2 Å². The lowest BCUT2D eigenvalue weighted by molar-refractivity contribution is 0.0697. The maximum Gasteiger partial charge on any atom is 0.336 e. The number of carbonyl (C=O) groups is 2. The average molecular weight is 494 g/mol. The zero-order valence-electron chi connectivity index (χ0n) is 18.8. The number of carbonyl (C=O) groups excluding carboxylic acids is 1. The number of fused-ring (bicyclic) bond motifs is 1. The molecule has 0 bridgehead atoms. The highest BCUT2D eigenvalue weighted by atomic mass is 35.5. The van der Waals surface area contributed by atoms with Crippen molar-refractivity contribution in [2.45, 2.75) is 12.8 Å². The number of rotatable bonds is 5. The van der Waals surface area contributed by atoms with E-state index in [2.05, 4.69) is 9.97 Å². The number of aromatic nitrogens is 2. The van der Waals surface area contributed by atoms with Crippen LogP contribution in [0.2, 0.25) is 5.02 Å². The number of benzene rings is 3. The van der Waals surface area contributed by atoms with Crippen LogP contribution in [0.3, 0.4) is 0 Å². The number of H-pyrrole nitrogens is 1. The molecule has 35 heavy (non-hydrogen) atoms. The lowest BCUT2D eigenvalue weighted by atomic mass is 9.93. The lowest BCUT2D eigenvalue weighted by Gasteiger charge is -2.17. The van der Waals surface area contributed by atoms with Gasteiger partial charge in [0, 0.05) is 46.9 Å². The van der Waals surface area contributed by atoms with Crippen molar-refractivity contribution in [1.29, 1.82) is 0 Å². The van der Waals surface area contributed by atoms with Gasteiger partial charge in [-0.1, -0.05) is 29.8 Å². The molecule has 1 fully saturated rings. The monoisotopic (exact) mass is 493 g/mol. The molecule has 0 atom stereocenters. The summed E-state index contributed by atoms with van der Waals surface area (Å²) in [5, 5.41) is 10.3. The van der Waals surface area contributed by atoms with Crippen molar-refractivity contribution < 1.29 is 23.8 Å². The minimum Gasteiger partial charge on any atom is -0.494 e. The van der Waals surface area contributed by atoms with Crippen LogP contribution in [0.5, 0.6) is 5.75 Å². The number of hydrogen-bond donors (Lipinski definition) is 2. The zero-order valence-corrected chi connectivity index (χ0v) is 19.5. The first kappa shape index (κ1) is 22.9. The second-order valence-corrected chi connectivity index (χ2v) is 8.72. The predicted molar refractivity (Wildman–Crippen MR) is 131 cm³/mol. The van der Waals surface area contributed by atoms with Crippen molar-refractivity contribution >= 4 is 34.5 Å². The highest BCUT2D eigenvalue weighted by Gasteiger charge is 2.24. The Morgan fingerprint density at radius 3 is 2.60 bits per heavy atom. The molecule has 3 aromatic carbocycles. The molecule has 4 aromatic rings. The molecule has 9 heteroatoms. The molecule has 0 radical (unpaired) electrons. The minimum atomic E-state index is -1.18.